The quantitative estimate of drug-likeness (QED) is 0.598. The second kappa shape index (κ2) is 4.26. The predicted octanol–water partition coefficient (Wildman–Crippen LogP) is 2.96. The fourth-order valence-corrected chi connectivity index (χ4v) is 3.16. The third kappa shape index (κ3) is 2.02. The fraction of sp³-hybridized carbons (Fsp3) is 0.533. The van der Waals surface area contributed by atoms with Crippen LogP contribution in [0.4, 0.5) is 0 Å². The lowest BCUT2D eigenvalue weighted by Gasteiger charge is -2.30. The monoisotopic (exact) mass is 230 g/mol. The molecule has 0 aromatic carbocycles. The lowest BCUT2D eigenvalue weighted by molar-refractivity contribution is -0.111. The van der Waals surface area contributed by atoms with E-state index >= 15 is 0 Å². The molecule has 0 N–H and O–H groups in total. The molecule has 3 rings (SSSR count). The first-order valence-corrected chi connectivity index (χ1v) is 6.54. The van der Waals surface area contributed by atoms with Gasteiger partial charge in [-0.15, -0.1) is 0 Å². The van der Waals surface area contributed by atoms with Gasteiger partial charge in [0.15, 0.2) is 5.78 Å². The van der Waals surface area contributed by atoms with Gasteiger partial charge in [-0.05, 0) is 62.3 Å². The van der Waals surface area contributed by atoms with Crippen LogP contribution in [0.5, 0.6) is 0 Å². The summed E-state index contributed by atoms with van der Waals surface area (Å²) in [5.74, 6) is 0.601. The molecule has 0 aromatic heterocycles. The van der Waals surface area contributed by atoms with Gasteiger partial charge in [-0.25, -0.2) is 0 Å². The average Bonchev–Trinajstić information content (AvgIpc) is 2.72. The largest absolute Gasteiger partial charge is 0.363 e. The molecule has 90 valence electrons. The zero-order valence-corrected chi connectivity index (χ0v) is 9.97. The summed E-state index contributed by atoms with van der Waals surface area (Å²) in [5, 5.41) is 0. The van der Waals surface area contributed by atoms with E-state index in [-0.39, 0.29) is 11.4 Å². The molecule has 3 aliphatic rings. The van der Waals surface area contributed by atoms with Crippen LogP contribution in [0.1, 0.15) is 32.1 Å². The van der Waals surface area contributed by atoms with E-state index in [2.05, 4.69) is 12.2 Å². The first-order valence-electron chi connectivity index (χ1n) is 6.54. The predicted molar refractivity (Wildman–Crippen MR) is 66.6 cm³/mol. The minimum Gasteiger partial charge on any atom is -0.363 e. The summed E-state index contributed by atoms with van der Waals surface area (Å²) in [5.41, 5.74) is -0.288. The Morgan fingerprint density at radius 3 is 2.59 bits per heavy atom. The first-order chi connectivity index (χ1) is 8.28. The highest BCUT2D eigenvalue weighted by Crippen LogP contribution is 2.44. The van der Waals surface area contributed by atoms with Crippen LogP contribution in [-0.2, 0) is 9.53 Å². The van der Waals surface area contributed by atoms with E-state index in [1.165, 1.54) is 0 Å². The lowest BCUT2D eigenvalue weighted by Crippen LogP contribution is -2.33. The molecule has 0 saturated carbocycles. The maximum atomic E-state index is 11.2. The van der Waals surface area contributed by atoms with Crippen molar-refractivity contribution in [3.05, 3.63) is 36.5 Å². The Morgan fingerprint density at radius 1 is 1.12 bits per heavy atom. The van der Waals surface area contributed by atoms with E-state index in [4.69, 9.17) is 4.74 Å². The Morgan fingerprint density at radius 2 is 1.82 bits per heavy atom. The van der Waals surface area contributed by atoms with Crippen LogP contribution in [0.25, 0.3) is 0 Å². The van der Waals surface area contributed by atoms with Crippen LogP contribution in [-0.4, -0.2) is 17.5 Å². The number of fused-ring (bicyclic) bond motifs is 3. The summed E-state index contributed by atoms with van der Waals surface area (Å²) < 4.78 is 6.22. The van der Waals surface area contributed by atoms with Crippen LogP contribution >= 0.6 is 0 Å². The van der Waals surface area contributed by atoms with Crippen LogP contribution in [0.2, 0.25) is 0 Å². The molecular weight excluding hydrogens is 212 g/mol. The number of hydrogen-bond acceptors (Lipinski definition) is 2. The Kier molecular flexibility index (Phi) is 2.75. The number of allylic oxidation sites excluding steroid dienone is 4. The lowest BCUT2D eigenvalue weighted by atomic mass is 9.81. The van der Waals surface area contributed by atoms with Gasteiger partial charge in [-0.2, -0.15) is 0 Å². The summed E-state index contributed by atoms with van der Waals surface area (Å²) >= 11 is 0. The third-order valence-corrected chi connectivity index (χ3v) is 4.08. The molecule has 1 aliphatic heterocycles. The minimum absolute atomic E-state index is 0.0772. The number of ether oxygens (including phenoxy) is 1. The molecule has 0 unspecified atom stereocenters. The molecule has 1 fully saturated rings. The minimum atomic E-state index is -0.288. The number of carbonyl (C=O) groups excluding carboxylic acids is 1. The van der Waals surface area contributed by atoms with Gasteiger partial charge in [0.05, 0.1) is 6.10 Å². The van der Waals surface area contributed by atoms with Crippen molar-refractivity contribution >= 4 is 5.78 Å². The highest BCUT2D eigenvalue weighted by molar-refractivity contribution is 6.00. The average molecular weight is 230 g/mol. The summed E-state index contributed by atoms with van der Waals surface area (Å²) in [6.07, 6.45) is 17.8. The second-order valence-corrected chi connectivity index (χ2v) is 5.22. The maximum absolute atomic E-state index is 11.2. The summed E-state index contributed by atoms with van der Waals surface area (Å²) in [6, 6.07) is 0. The molecule has 1 heterocycles. The Hall–Kier alpha value is -1.15. The smallest absolute Gasteiger partial charge is 0.178 e. The molecule has 0 amide bonds. The zero-order valence-electron chi connectivity index (χ0n) is 9.97. The Labute approximate surface area is 102 Å². The van der Waals surface area contributed by atoms with Crippen LogP contribution in [0.3, 0.4) is 0 Å². The molecule has 2 bridgehead atoms. The topological polar surface area (TPSA) is 26.3 Å². The van der Waals surface area contributed by atoms with E-state index in [1.54, 1.807) is 12.2 Å². The summed E-state index contributed by atoms with van der Waals surface area (Å²) in [4.78, 5) is 11.2. The highest BCUT2D eigenvalue weighted by atomic mass is 16.5. The molecule has 0 aromatic rings. The van der Waals surface area contributed by atoms with E-state index in [1.807, 2.05) is 12.2 Å². The standard InChI is InChI=1S/C15H18O2/c16-13-7-9-15(10-8-13)12-5-3-1-2-4-6-14(11-12)17-15/h1-2,7-10,12,14H,3-6,11H2/b2-1-/t12-,14+/m0/s1. The van der Waals surface area contributed by atoms with Gasteiger partial charge in [0.2, 0.25) is 0 Å². The van der Waals surface area contributed by atoms with Gasteiger partial charge >= 0.3 is 0 Å². The molecule has 17 heavy (non-hydrogen) atoms. The molecule has 2 nitrogen and oxygen atoms in total. The highest BCUT2D eigenvalue weighted by Gasteiger charge is 2.45. The molecule has 1 saturated heterocycles. The molecule has 1 spiro atoms. The number of hydrogen-bond donors (Lipinski definition) is 0. The normalized spacial score (nSPS) is 36.6. The number of rotatable bonds is 0. The van der Waals surface area contributed by atoms with Crippen molar-refractivity contribution in [1.29, 1.82) is 0 Å². The molecule has 2 atom stereocenters. The van der Waals surface area contributed by atoms with Crippen molar-refractivity contribution in [2.45, 2.75) is 43.8 Å². The van der Waals surface area contributed by atoms with Gasteiger partial charge in [0.1, 0.15) is 5.60 Å². The third-order valence-electron chi connectivity index (χ3n) is 4.08. The zero-order chi connectivity index (χ0) is 11.7. The Balaban J connectivity index is 1.87. The number of ketones is 1. The van der Waals surface area contributed by atoms with Crippen molar-refractivity contribution in [2.75, 3.05) is 0 Å². The van der Waals surface area contributed by atoms with Crippen molar-refractivity contribution < 1.29 is 9.53 Å². The Bertz CT molecular complexity index is 387. The maximum Gasteiger partial charge on any atom is 0.178 e. The van der Waals surface area contributed by atoms with Gasteiger partial charge in [-0.3, -0.25) is 4.79 Å². The van der Waals surface area contributed by atoms with E-state index in [9.17, 15) is 4.79 Å². The van der Waals surface area contributed by atoms with Gasteiger partial charge in [0.25, 0.3) is 0 Å². The fourth-order valence-electron chi connectivity index (χ4n) is 3.16. The summed E-state index contributed by atoms with van der Waals surface area (Å²) in [6.45, 7) is 0. The van der Waals surface area contributed by atoms with Crippen molar-refractivity contribution in [3.63, 3.8) is 0 Å². The summed E-state index contributed by atoms with van der Waals surface area (Å²) in [7, 11) is 0. The molecular formula is C15H18O2. The van der Waals surface area contributed by atoms with Crippen LogP contribution < -0.4 is 0 Å². The van der Waals surface area contributed by atoms with E-state index in [0.717, 1.165) is 32.1 Å². The second-order valence-electron chi connectivity index (χ2n) is 5.22. The first kappa shape index (κ1) is 11.0. The van der Waals surface area contributed by atoms with Gasteiger partial charge in [-0.1, -0.05) is 12.2 Å². The molecule has 2 heteroatoms. The van der Waals surface area contributed by atoms with Crippen LogP contribution in [0, 0.1) is 5.92 Å². The van der Waals surface area contributed by atoms with Gasteiger partial charge < -0.3 is 4.74 Å². The van der Waals surface area contributed by atoms with Crippen molar-refractivity contribution in [1.82, 2.24) is 0 Å². The SMILES string of the molecule is O=C1C=CC2(C=C1)O[C@@H]1CC/C=C\CC[C@H]2C1. The van der Waals surface area contributed by atoms with E-state index < -0.39 is 0 Å². The van der Waals surface area contributed by atoms with Gasteiger partial charge in [0, 0.05) is 0 Å². The van der Waals surface area contributed by atoms with E-state index in [0.29, 0.717) is 12.0 Å². The van der Waals surface area contributed by atoms with Crippen molar-refractivity contribution in [2.24, 2.45) is 5.92 Å². The van der Waals surface area contributed by atoms with Crippen LogP contribution in [0.15, 0.2) is 36.5 Å². The molecule has 2 aliphatic carbocycles. The molecule has 0 radical (unpaired) electrons. The number of carbonyl (C=O) groups is 1. The van der Waals surface area contributed by atoms with Crippen molar-refractivity contribution in [3.8, 4) is 0 Å².